The number of nitrogens with zero attached hydrogens (tertiary/aromatic N) is 3. The number of hydrogen-bond acceptors (Lipinski definition) is 6. The molecule has 2 unspecified atom stereocenters. The Morgan fingerprint density at radius 1 is 0.500 bits per heavy atom. The van der Waals surface area contributed by atoms with Gasteiger partial charge in [0.05, 0.1) is 0 Å². The van der Waals surface area contributed by atoms with Crippen molar-refractivity contribution < 1.29 is 0 Å². The first kappa shape index (κ1) is 29.8. The molecule has 0 saturated carbocycles. The molecule has 3 saturated heterocycles. The minimum Gasteiger partial charge on any atom is -0.312 e. The predicted molar refractivity (Wildman–Crippen MR) is 142 cm³/mol. The summed E-state index contributed by atoms with van der Waals surface area (Å²) in [7, 11) is 6.59. The van der Waals surface area contributed by atoms with Crippen LogP contribution in [-0.2, 0) is 0 Å². The van der Waals surface area contributed by atoms with Crippen molar-refractivity contribution in [1.29, 1.82) is 0 Å². The number of likely N-dealkylation sites (N-methyl/N-ethyl adjacent to an activating group) is 2. The van der Waals surface area contributed by atoms with Gasteiger partial charge in [-0.1, -0.05) is 41.5 Å². The van der Waals surface area contributed by atoms with Crippen LogP contribution in [0.5, 0.6) is 0 Å². The van der Waals surface area contributed by atoms with Gasteiger partial charge in [-0.3, -0.25) is 0 Å². The van der Waals surface area contributed by atoms with Crippen molar-refractivity contribution in [3.8, 4) is 0 Å². The molecule has 0 aromatic heterocycles. The summed E-state index contributed by atoms with van der Waals surface area (Å²) in [5.41, 5.74) is 0. The SMILES string of the molecule is CC(C)NC1CCCN(C)C1.CC(C)NC1CCN(C)C1.CC(C)NC1CCN(C)CC1. The van der Waals surface area contributed by atoms with Crippen LogP contribution in [0.4, 0.5) is 0 Å². The summed E-state index contributed by atoms with van der Waals surface area (Å²) in [6.07, 6.45) is 6.64. The summed E-state index contributed by atoms with van der Waals surface area (Å²) in [4.78, 5) is 7.18. The summed E-state index contributed by atoms with van der Waals surface area (Å²) in [6, 6.07) is 4.15. The molecule has 6 heteroatoms. The number of hydrogen-bond donors (Lipinski definition) is 3. The lowest BCUT2D eigenvalue weighted by molar-refractivity contribution is 0.220. The molecular formula is C26H58N6. The van der Waals surface area contributed by atoms with Gasteiger partial charge in [-0.15, -0.1) is 0 Å². The van der Waals surface area contributed by atoms with E-state index in [0.717, 1.165) is 18.1 Å². The van der Waals surface area contributed by atoms with Crippen molar-refractivity contribution in [2.75, 3.05) is 60.4 Å². The second kappa shape index (κ2) is 16.4. The van der Waals surface area contributed by atoms with Gasteiger partial charge in [0.25, 0.3) is 0 Å². The Bertz CT molecular complexity index is 446. The molecule has 3 heterocycles. The third-order valence-corrected chi connectivity index (χ3v) is 6.44. The van der Waals surface area contributed by atoms with Gasteiger partial charge in [0, 0.05) is 49.3 Å². The zero-order chi connectivity index (χ0) is 24.1. The maximum absolute atomic E-state index is 3.58. The summed E-state index contributed by atoms with van der Waals surface area (Å²) in [6.45, 7) is 20.8. The van der Waals surface area contributed by atoms with E-state index in [4.69, 9.17) is 0 Å². The van der Waals surface area contributed by atoms with E-state index < -0.39 is 0 Å². The van der Waals surface area contributed by atoms with Gasteiger partial charge in [-0.05, 0) is 79.4 Å². The van der Waals surface area contributed by atoms with E-state index in [1.807, 2.05) is 0 Å². The molecule has 0 amide bonds. The molecule has 3 rings (SSSR count). The molecule has 3 aliphatic rings. The summed E-state index contributed by atoms with van der Waals surface area (Å²) in [5.74, 6) is 0. The van der Waals surface area contributed by atoms with Crippen molar-refractivity contribution in [2.24, 2.45) is 0 Å². The average molecular weight is 455 g/mol. The van der Waals surface area contributed by atoms with Crippen LogP contribution in [0, 0.1) is 0 Å². The minimum atomic E-state index is 0.631. The van der Waals surface area contributed by atoms with Crippen molar-refractivity contribution in [1.82, 2.24) is 30.7 Å². The van der Waals surface area contributed by atoms with Crippen LogP contribution in [0.2, 0.25) is 0 Å². The van der Waals surface area contributed by atoms with Crippen LogP contribution < -0.4 is 16.0 Å². The van der Waals surface area contributed by atoms with Crippen LogP contribution >= 0.6 is 0 Å². The van der Waals surface area contributed by atoms with Gasteiger partial charge in [-0.2, -0.15) is 0 Å². The van der Waals surface area contributed by atoms with Crippen LogP contribution in [0.1, 0.15) is 73.6 Å². The molecule has 0 bridgehead atoms. The van der Waals surface area contributed by atoms with E-state index in [-0.39, 0.29) is 0 Å². The maximum Gasteiger partial charge on any atom is 0.0209 e. The molecule has 32 heavy (non-hydrogen) atoms. The molecule has 0 aromatic rings. The van der Waals surface area contributed by atoms with Crippen LogP contribution in [0.15, 0.2) is 0 Å². The van der Waals surface area contributed by atoms with Crippen molar-refractivity contribution >= 4 is 0 Å². The molecule has 0 aliphatic carbocycles. The van der Waals surface area contributed by atoms with Crippen LogP contribution in [-0.4, -0.2) is 111 Å². The van der Waals surface area contributed by atoms with Gasteiger partial charge in [0.2, 0.25) is 0 Å². The van der Waals surface area contributed by atoms with E-state index in [9.17, 15) is 0 Å². The molecule has 3 aliphatic heterocycles. The van der Waals surface area contributed by atoms with Crippen molar-refractivity contribution in [3.05, 3.63) is 0 Å². The second-order valence-electron chi connectivity index (χ2n) is 11.4. The van der Waals surface area contributed by atoms with Crippen LogP contribution in [0.25, 0.3) is 0 Å². The minimum absolute atomic E-state index is 0.631. The fraction of sp³-hybridized carbons (Fsp3) is 1.00. The van der Waals surface area contributed by atoms with Gasteiger partial charge in [0.1, 0.15) is 0 Å². The normalized spacial score (nSPS) is 26.2. The zero-order valence-electron chi connectivity index (χ0n) is 23.1. The Morgan fingerprint density at radius 3 is 1.31 bits per heavy atom. The van der Waals surface area contributed by atoms with Crippen LogP contribution in [0.3, 0.4) is 0 Å². The van der Waals surface area contributed by atoms with E-state index in [1.54, 1.807) is 0 Å². The van der Waals surface area contributed by atoms with Gasteiger partial charge >= 0.3 is 0 Å². The zero-order valence-corrected chi connectivity index (χ0v) is 23.1. The fourth-order valence-corrected chi connectivity index (χ4v) is 4.96. The third-order valence-electron chi connectivity index (χ3n) is 6.44. The predicted octanol–water partition coefficient (Wildman–Crippen LogP) is 2.85. The Labute approximate surface area is 201 Å². The van der Waals surface area contributed by atoms with E-state index >= 15 is 0 Å². The summed E-state index contributed by atoms with van der Waals surface area (Å²) < 4.78 is 0. The number of piperidine rings is 2. The Morgan fingerprint density at radius 2 is 0.875 bits per heavy atom. The highest BCUT2D eigenvalue weighted by Crippen LogP contribution is 2.09. The Kier molecular flexibility index (Phi) is 15.3. The lowest BCUT2D eigenvalue weighted by Gasteiger charge is -2.31. The third kappa shape index (κ3) is 14.8. The average Bonchev–Trinajstić information content (AvgIpc) is 3.08. The molecule has 3 N–H and O–H groups in total. The summed E-state index contributed by atoms with van der Waals surface area (Å²) >= 11 is 0. The fourth-order valence-electron chi connectivity index (χ4n) is 4.96. The maximum atomic E-state index is 3.58. The largest absolute Gasteiger partial charge is 0.312 e. The Hall–Kier alpha value is -0.240. The molecule has 3 fully saturated rings. The van der Waals surface area contributed by atoms with E-state index in [2.05, 4.69) is 93.3 Å². The number of likely N-dealkylation sites (tertiary alicyclic amines) is 3. The molecule has 6 nitrogen and oxygen atoms in total. The molecular weight excluding hydrogens is 396 g/mol. The number of rotatable bonds is 6. The smallest absolute Gasteiger partial charge is 0.0209 e. The van der Waals surface area contributed by atoms with E-state index in [1.165, 1.54) is 71.4 Å². The van der Waals surface area contributed by atoms with Gasteiger partial charge < -0.3 is 30.7 Å². The molecule has 0 aromatic carbocycles. The molecule has 0 spiro atoms. The highest BCUT2D eigenvalue weighted by Gasteiger charge is 2.19. The lowest BCUT2D eigenvalue weighted by Crippen LogP contribution is -2.46. The monoisotopic (exact) mass is 454 g/mol. The van der Waals surface area contributed by atoms with Crippen molar-refractivity contribution in [3.63, 3.8) is 0 Å². The quantitative estimate of drug-likeness (QED) is 0.574. The highest BCUT2D eigenvalue weighted by molar-refractivity contribution is 4.80. The molecule has 0 radical (unpaired) electrons. The lowest BCUT2D eigenvalue weighted by atomic mass is 10.1. The number of nitrogens with one attached hydrogen (secondary N) is 3. The Balaban J connectivity index is 0.000000240. The second-order valence-corrected chi connectivity index (χ2v) is 11.4. The topological polar surface area (TPSA) is 45.8 Å². The standard InChI is InChI=1S/2C9H20N2.C8H18N2/c1-8(2)10-9-4-6-11(3)7-5-9;1-8(2)10-9-5-4-6-11(3)7-9;1-7(2)9-8-4-5-10(3)6-8/h2*8-10H,4-7H2,1-3H3;7-9H,4-6H2,1-3H3. The first-order chi connectivity index (χ1) is 15.0. The molecule has 2 atom stereocenters. The van der Waals surface area contributed by atoms with Gasteiger partial charge in [0.15, 0.2) is 0 Å². The highest BCUT2D eigenvalue weighted by atomic mass is 15.2. The van der Waals surface area contributed by atoms with E-state index in [0.29, 0.717) is 18.1 Å². The first-order valence-electron chi connectivity index (χ1n) is 13.4. The molecule has 192 valence electrons. The van der Waals surface area contributed by atoms with Gasteiger partial charge in [-0.25, -0.2) is 0 Å². The first-order valence-corrected chi connectivity index (χ1v) is 13.4. The summed E-state index contributed by atoms with van der Waals surface area (Å²) in [5, 5.41) is 10.7. The van der Waals surface area contributed by atoms with Crippen molar-refractivity contribution in [2.45, 2.75) is 110 Å².